The second kappa shape index (κ2) is 12.1. The lowest BCUT2D eigenvalue weighted by Gasteiger charge is -2.30. The Hall–Kier alpha value is -6.84. The molecular formula is C53H38N2O. The van der Waals surface area contributed by atoms with Gasteiger partial charge in [-0.3, -0.25) is 0 Å². The van der Waals surface area contributed by atoms with Crippen LogP contribution in [0.4, 0.5) is 17.1 Å². The van der Waals surface area contributed by atoms with E-state index in [1.165, 1.54) is 92.2 Å². The summed E-state index contributed by atoms with van der Waals surface area (Å²) in [6.07, 6.45) is 4.94. The third-order valence-electron chi connectivity index (χ3n) is 12.7. The molecule has 2 aliphatic rings. The zero-order chi connectivity index (χ0) is 36.8. The van der Waals surface area contributed by atoms with Crippen LogP contribution in [0.15, 0.2) is 186 Å². The largest absolute Gasteiger partial charge is 0.456 e. The molecule has 2 heterocycles. The zero-order valence-corrected chi connectivity index (χ0v) is 31.0. The Kier molecular flexibility index (Phi) is 6.80. The summed E-state index contributed by atoms with van der Waals surface area (Å²) >= 11 is 0. The van der Waals surface area contributed by atoms with Crippen molar-refractivity contribution < 1.29 is 4.42 Å². The van der Waals surface area contributed by atoms with Crippen molar-refractivity contribution in [2.24, 2.45) is 0 Å². The molecule has 0 bridgehead atoms. The van der Waals surface area contributed by atoms with Gasteiger partial charge in [0, 0.05) is 55.8 Å². The first kappa shape index (κ1) is 31.5. The van der Waals surface area contributed by atoms with Crippen LogP contribution in [0.25, 0.3) is 71.7 Å². The number of aromatic nitrogens is 1. The molecule has 2 aromatic heterocycles. The molecule has 0 N–H and O–H groups in total. The summed E-state index contributed by atoms with van der Waals surface area (Å²) < 4.78 is 8.84. The van der Waals surface area contributed by atoms with Crippen LogP contribution in [0.3, 0.4) is 0 Å². The molecule has 56 heavy (non-hydrogen) atoms. The molecular weight excluding hydrogens is 681 g/mol. The fourth-order valence-electron chi connectivity index (χ4n) is 10.2. The summed E-state index contributed by atoms with van der Waals surface area (Å²) in [6, 6.07) is 66.8. The molecule has 0 amide bonds. The van der Waals surface area contributed by atoms with Gasteiger partial charge in [-0.2, -0.15) is 0 Å². The fourth-order valence-corrected chi connectivity index (χ4v) is 10.2. The molecule has 1 spiro atoms. The van der Waals surface area contributed by atoms with E-state index in [4.69, 9.17) is 4.42 Å². The van der Waals surface area contributed by atoms with E-state index < -0.39 is 0 Å². The molecule has 12 rings (SSSR count). The molecule has 0 saturated heterocycles. The van der Waals surface area contributed by atoms with Gasteiger partial charge in [0.25, 0.3) is 0 Å². The minimum absolute atomic E-state index is 0.0843. The lowest BCUT2D eigenvalue weighted by molar-refractivity contribution is 0.550. The van der Waals surface area contributed by atoms with E-state index in [1.807, 2.05) is 6.07 Å². The van der Waals surface area contributed by atoms with Crippen molar-refractivity contribution in [1.29, 1.82) is 0 Å². The zero-order valence-electron chi connectivity index (χ0n) is 31.0. The number of anilines is 3. The van der Waals surface area contributed by atoms with E-state index in [1.54, 1.807) is 0 Å². The number of hydrogen-bond acceptors (Lipinski definition) is 2. The summed E-state index contributed by atoms with van der Waals surface area (Å²) in [5.74, 6) is 0. The van der Waals surface area contributed by atoms with Crippen molar-refractivity contribution in [3.8, 4) is 27.9 Å². The van der Waals surface area contributed by atoms with Gasteiger partial charge in [-0.15, -0.1) is 0 Å². The van der Waals surface area contributed by atoms with E-state index >= 15 is 0 Å². The van der Waals surface area contributed by atoms with Gasteiger partial charge in [0.15, 0.2) is 0 Å². The number of fused-ring (bicyclic) bond motifs is 11. The Morgan fingerprint density at radius 1 is 0.429 bits per heavy atom. The van der Waals surface area contributed by atoms with Gasteiger partial charge in [-0.1, -0.05) is 122 Å². The Labute approximate surface area is 325 Å². The Morgan fingerprint density at radius 2 is 1.05 bits per heavy atom. The summed E-state index contributed by atoms with van der Waals surface area (Å²) in [6.45, 7) is 0. The normalized spacial score (nSPS) is 14.3. The molecule has 3 heteroatoms. The molecule has 1 fully saturated rings. The quantitative estimate of drug-likeness (QED) is 0.177. The monoisotopic (exact) mass is 718 g/mol. The molecule has 0 radical (unpaired) electrons. The lowest BCUT2D eigenvalue weighted by Crippen LogP contribution is -2.21. The van der Waals surface area contributed by atoms with E-state index in [0.717, 1.165) is 33.3 Å². The number of nitrogens with zero attached hydrogens (tertiary/aromatic N) is 2. The highest BCUT2D eigenvalue weighted by Crippen LogP contribution is 2.58. The number of benzene rings is 8. The first-order chi connectivity index (χ1) is 27.7. The Bertz CT molecular complexity index is 3140. The predicted molar refractivity (Wildman–Crippen MR) is 233 cm³/mol. The van der Waals surface area contributed by atoms with Gasteiger partial charge < -0.3 is 13.9 Å². The second-order valence-electron chi connectivity index (χ2n) is 15.6. The van der Waals surface area contributed by atoms with Crippen LogP contribution in [0.5, 0.6) is 0 Å². The molecule has 3 nitrogen and oxygen atoms in total. The third kappa shape index (κ3) is 4.58. The van der Waals surface area contributed by atoms with Gasteiger partial charge in [0.2, 0.25) is 0 Å². The van der Waals surface area contributed by atoms with Crippen molar-refractivity contribution in [1.82, 2.24) is 4.57 Å². The maximum absolute atomic E-state index is 6.45. The van der Waals surface area contributed by atoms with Crippen LogP contribution in [0.1, 0.15) is 36.8 Å². The smallest absolute Gasteiger partial charge is 0.137 e. The molecule has 8 aromatic carbocycles. The SMILES string of the molecule is c1ccc(-n2c3ccccc3c3ccc(-c4ccc(N(c5ccc6c(c5)C5(CCCC5)c5ccccc5-6)c5ccc6c(c5)oc5ccccc56)cc4)cc32)cc1. The van der Waals surface area contributed by atoms with E-state index in [0.29, 0.717) is 0 Å². The Balaban J connectivity index is 1.01. The maximum Gasteiger partial charge on any atom is 0.137 e. The van der Waals surface area contributed by atoms with Crippen molar-refractivity contribution >= 4 is 60.8 Å². The standard InChI is InChI=1S/C53H38N2O/c1-2-12-37(13-3-1)55-49-18-8-5-15-43(49)44-27-22-36(32-50(44)55)35-20-23-38(24-21-35)54(40-26-29-46-45-16-6-9-19-51(45)56-52(46)34-40)39-25-28-42-41-14-4-7-17-47(41)53(48(42)33-39)30-10-11-31-53/h1-9,12-29,32-34H,10-11,30-31H2. The first-order valence-corrected chi connectivity index (χ1v) is 19.9. The number of furan rings is 1. The van der Waals surface area contributed by atoms with Gasteiger partial charge in [0.1, 0.15) is 11.2 Å². The van der Waals surface area contributed by atoms with Crippen LogP contribution in [0.2, 0.25) is 0 Å². The lowest BCUT2D eigenvalue weighted by atomic mass is 9.76. The van der Waals surface area contributed by atoms with E-state index in [-0.39, 0.29) is 5.41 Å². The van der Waals surface area contributed by atoms with Crippen LogP contribution in [-0.2, 0) is 5.41 Å². The minimum atomic E-state index is 0.0843. The summed E-state index contributed by atoms with van der Waals surface area (Å²) in [5.41, 5.74) is 17.0. The highest BCUT2D eigenvalue weighted by molar-refractivity contribution is 6.10. The highest BCUT2D eigenvalue weighted by Gasteiger charge is 2.45. The maximum atomic E-state index is 6.45. The molecule has 1 saturated carbocycles. The predicted octanol–water partition coefficient (Wildman–Crippen LogP) is 14.7. The van der Waals surface area contributed by atoms with Crippen molar-refractivity contribution in [2.45, 2.75) is 31.1 Å². The number of hydrogen-bond donors (Lipinski definition) is 0. The first-order valence-electron chi connectivity index (χ1n) is 19.9. The summed E-state index contributed by atoms with van der Waals surface area (Å²) in [4.78, 5) is 2.42. The highest BCUT2D eigenvalue weighted by atomic mass is 16.3. The Morgan fingerprint density at radius 3 is 1.93 bits per heavy atom. The van der Waals surface area contributed by atoms with Crippen molar-refractivity contribution in [3.05, 3.63) is 193 Å². The van der Waals surface area contributed by atoms with E-state index in [2.05, 4.69) is 185 Å². The van der Waals surface area contributed by atoms with Gasteiger partial charge >= 0.3 is 0 Å². The van der Waals surface area contributed by atoms with Gasteiger partial charge in [-0.05, 0) is 113 Å². The van der Waals surface area contributed by atoms with Gasteiger partial charge in [-0.25, -0.2) is 0 Å². The fraction of sp³-hybridized carbons (Fsp3) is 0.0943. The molecule has 0 unspecified atom stereocenters. The third-order valence-corrected chi connectivity index (χ3v) is 12.7. The summed E-state index contributed by atoms with van der Waals surface area (Å²) in [7, 11) is 0. The molecule has 10 aromatic rings. The van der Waals surface area contributed by atoms with Crippen LogP contribution in [0, 0.1) is 0 Å². The average Bonchev–Trinajstić information content (AvgIpc) is 4.04. The molecule has 2 aliphatic carbocycles. The number of rotatable bonds is 5. The summed E-state index contributed by atoms with van der Waals surface area (Å²) in [5, 5.41) is 4.81. The van der Waals surface area contributed by atoms with Crippen LogP contribution in [-0.4, -0.2) is 4.57 Å². The topological polar surface area (TPSA) is 21.3 Å². The molecule has 0 atom stereocenters. The van der Waals surface area contributed by atoms with E-state index in [9.17, 15) is 0 Å². The minimum Gasteiger partial charge on any atom is -0.456 e. The van der Waals surface area contributed by atoms with Gasteiger partial charge in [0.05, 0.1) is 11.0 Å². The molecule has 266 valence electrons. The van der Waals surface area contributed by atoms with Crippen molar-refractivity contribution in [2.75, 3.05) is 4.90 Å². The van der Waals surface area contributed by atoms with Crippen LogP contribution < -0.4 is 4.90 Å². The average molecular weight is 719 g/mol. The second-order valence-corrected chi connectivity index (χ2v) is 15.6. The molecule has 0 aliphatic heterocycles. The number of para-hydroxylation sites is 3. The van der Waals surface area contributed by atoms with Crippen molar-refractivity contribution in [3.63, 3.8) is 0 Å². The van der Waals surface area contributed by atoms with Crippen LogP contribution >= 0.6 is 0 Å².